The van der Waals surface area contributed by atoms with E-state index in [4.69, 9.17) is 4.74 Å². The first-order chi connectivity index (χ1) is 11.8. The van der Waals surface area contributed by atoms with Gasteiger partial charge in [-0.1, -0.05) is 43.0 Å². The summed E-state index contributed by atoms with van der Waals surface area (Å²) in [6.45, 7) is 6.10. The number of hydrogen-bond acceptors (Lipinski definition) is 3. The third-order valence-corrected chi connectivity index (χ3v) is 3.43. The monoisotopic (exact) mass is 317 g/mol. The predicted molar refractivity (Wildman–Crippen MR) is 97.7 cm³/mol. The molecule has 0 atom stereocenters. The van der Waals surface area contributed by atoms with Crippen LogP contribution >= 0.6 is 0 Å². The van der Waals surface area contributed by atoms with Crippen LogP contribution in [0.5, 0.6) is 5.75 Å². The normalized spacial score (nSPS) is 10.9. The smallest absolute Gasteiger partial charge is 0.155 e. The van der Waals surface area contributed by atoms with E-state index < -0.39 is 0 Å². The molecule has 0 saturated heterocycles. The third kappa shape index (κ3) is 3.60. The molecule has 3 aromatic rings. The van der Waals surface area contributed by atoms with E-state index in [1.54, 1.807) is 12.3 Å². The summed E-state index contributed by atoms with van der Waals surface area (Å²) < 4.78 is 7.50. The summed E-state index contributed by atoms with van der Waals surface area (Å²) >= 11 is 0. The number of para-hydroxylation sites is 2. The highest BCUT2D eigenvalue weighted by Crippen LogP contribution is 2.21. The Bertz CT molecular complexity index is 850. The van der Waals surface area contributed by atoms with E-state index in [-0.39, 0.29) is 0 Å². The van der Waals surface area contributed by atoms with Gasteiger partial charge in [-0.25, -0.2) is 9.67 Å². The molecule has 1 heterocycles. The Morgan fingerprint density at radius 1 is 1.12 bits per heavy atom. The SMILES string of the molecule is C=CCOc1ccccc1/C=N/c1cc(C)nn1-c1ccccc1. The Balaban J connectivity index is 1.92. The predicted octanol–water partition coefficient (Wildman–Crippen LogP) is 4.50. The molecule has 2 aromatic carbocycles. The van der Waals surface area contributed by atoms with Gasteiger partial charge < -0.3 is 4.74 Å². The highest BCUT2D eigenvalue weighted by Gasteiger charge is 2.06. The second kappa shape index (κ2) is 7.42. The van der Waals surface area contributed by atoms with Crippen molar-refractivity contribution in [3.63, 3.8) is 0 Å². The van der Waals surface area contributed by atoms with Crippen LogP contribution in [0.2, 0.25) is 0 Å². The van der Waals surface area contributed by atoms with E-state index in [0.717, 1.165) is 28.5 Å². The fourth-order valence-corrected chi connectivity index (χ4v) is 2.34. The van der Waals surface area contributed by atoms with Crippen LogP contribution in [0, 0.1) is 6.92 Å². The van der Waals surface area contributed by atoms with Crippen LogP contribution in [0.25, 0.3) is 5.69 Å². The third-order valence-electron chi connectivity index (χ3n) is 3.43. The van der Waals surface area contributed by atoms with Crippen molar-refractivity contribution in [1.82, 2.24) is 9.78 Å². The lowest BCUT2D eigenvalue weighted by molar-refractivity contribution is 0.363. The second-order valence-corrected chi connectivity index (χ2v) is 5.29. The largest absolute Gasteiger partial charge is 0.489 e. The Hall–Kier alpha value is -3.14. The lowest BCUT2D eigenvalue weighted by atomic mass is 10.2. The van der Waals surface area contributed by atoms with Crippen LogP contribution in [0.4, 0.5) is 5.82 Å². The van der Waals surface area contributed by atoms with Gasteiger partial charge in [-0.05, 0) is 31.2 Å². The molecule has 4 nitrogen and oxygen atoms in total. The van der Waals surface area contributed by atoms with E-state index in [1.165, 1.54) is 0 Å². The average molecular weight is 317 g/mol. The van der Waals surface area contributed by atoms with Gasteiger partial charge in [-0.3, -0.25) is 0 Å². The fraction of sp³-hybridized carbons (Fsp3) is 0.100. The molecule has 0 aliphatic rings. The van der Waals surface area contributed by atoms with Crippen LogP contribution in [0.1, 0.15) is 11.3 Å². The lowest BCUT2D eigenvalue weighted by Crippen LogP contribution is -1.98. The molecule has 0 bridgehead atoms. The maximum Gasteiger partial charge on any atom is 0.155 e. The van der Waals surface area contributed by atoms with Crippen molar-refractivity contribution < 1.29 is 4.74 Å². The quantitative estimate of drug-likeness (QED) is 0.496. The molecule has 1 aromatic heterocycles. The first kappa shape index (κ1) is 15.7. The average Bonchev–Trinajstić information content (AvgIpc) is 3.00. The Kier molecular flexibility index (Phi) is 4.87. The highest BCUT2D eigenvalue weighted by atomic mass is 16.5. The summed E-state index contributed by atoms with van der Waals surface area (Å²) in [7, 11) is 0. The van der Waals surface area contributed by atoms with E-state index in [0.29, 0.717) is 6.61 Å². The molecule has 24 heavy (non-hydrogen) atoms. The number of hydrogen-bond donors (Lipinski definition) is 0. The van der Waals surface area contributed by atoms with Gasteiger partial charge in [-0.2, -0.15) is 5.10 Å². The molecule has 0 N–H and O–H groups in total. The number of ether oxygens (including phenoxy) is 1. The summed E-state index contributed by atoms with van der Waals surface area (Å²) in [5, 5.41) is 4.52. The fourth-order valence-electron chi connectivity index (χ4n) is 2.34. The lowest BCUT2D eigenvalue weighted by Gasteiger charge is -2.06. The van der Waals surface area contributed by atoms with Crippen LogP contribution < -0.4 is 4.74 Å². The molecule has 0 fully saturated rings. The molecule has 0 aliphatic carbocycles. The minimum atomic E-state index is 0.464. The molecule has 4 heteroatoms. The maximum atomic E-state index is 5.66. The van der Waals surface area contributed by atoms with E-state index in [1.807, 2.05) is 72.3 Å². The van der Waals surface area contributed by atoms with Crippen LogP contribution in [-0.2, 0) is 0 Å². The maximum absolute atomic E-state index is 5.66. The number of nitrogens with zero attached hydrogens (tertiary/aromatic N) is 3. The molecule has 0 unspecified atom stereocenters. The van der Waals surface area contributed by atoms with E-state index in [9.17, 15) is 0 Å². The van der Waals surface area contributed by atoms with Gasteiger partial charge in [0, 0.05) is 17.8 Å². The zero-order chi connectivity index (χ0) is 16.8. The molecular formula is C20H19N3O. The van der Waals surface area contributed by atoms with Crippen LogP contribution in [0.15, 0.2) is 78.3 Å². The van der Waals surface area contributed by atoms with Crippen molar-refractivity contribution in [3.8, 4) is 11.4 Å². The standard InChI is InChI=1S/C20H19N3O/c1-3-13-24-19-12-8-7-9-17(19)15-21-20-14-16(2)22-23(20)18-10-5-4-6-11-18/h3-12,14-15H,1,13H2,2H3/b21-15+. The van der Waals surface area contributed by atoms with E-state index in [2.05, 4.69) is 16.7 Å². The molecule has 0 radical (unpaired) electrons. The molecular weight excluding hydrogens is 298 g/mol. The van der Waals surface area contributed by atoms with Gasteiger partial charge in [0.1, 0.15) is 12.4 Å². The summed E-state index contributed by atoms with van der Waals surface area (Å²) in [4.78, 5) is 4.61. The summed E-state index contributed by atoms with van der Waals surface area (Å²) in [6, 6.07) is 19.7. The Labute approximate surface area is 141 Å². The number of aromatic nitrogens is 2. The van der Waals surface area contributed by atoms with Crippen molar-refractivity contribution in [3.05, 3.63) is 84.6 Å². The zero-order valence-corrected chi connectivity index (χ0v) is 13.6. The summed E-state index contributed by atoms with van der Waals surface area (Å²) in [5.41, 5.74) is 2.81. The number of rotatable bonds is 6. The molecule has 0 aliphatic heterocycles. The summed E-state index contributed by atoms with van der Waals surface area (Å²) in [5.74, 6) is 1.56. The van der Waals surface area contributed by atoms with Crippen molar-refractivity contribution in [2.45, 2.75) is 6.92 Å². The van der Waals surface area contributed by atoms with Crippen molar-refractivity contribution >= 4 is 12.0 Å². The van der Waals surface area contributed by atoms with Gasteiger partial charge in [0.05, 0.1) is 11.4 Å². The summed E-state index contributed by atoms with van der Waals surface area (Å²) in [6.07, 6.45) is 3.52. The van der Waals surface area contributed by atoms with E-state index >= 15 is 0 Å². The first-order valence-corrected chi connectivity index (χ1v) is 7.77. The highest BCUT2D eigenvalue weighted by molar-refractivity contribution is 5.85. The second-order valence-electron chi connectivity index (χ2n) is 5.29. The number of benzene rings is 2. The first-order valence-electron chi connectivity index (χ1n) is 7.77. The molecule has 0 spiro atoms. The van der Waals surface area contributed by atoms with Gasteiger partial charge in [0.25, 0.3) is 0 Å². The zero-order valence-electron chi connectivity index (χ0n) is 13.6. The van der Waals surface area contributed by atoms with Gasteiger partial charge in [-0.15, -0.1) is 0 Å². The van der Waals surface area contributed by atoms with Crippen molar-refractivity contribution in [2.75, 3.05) is 6.61 Å². The van der Waals surface area contributed by atoms with Crippen molar-refractivity contribution in [2.24, 2.45) is 4.99 Å². The Morgan fingerprint density at radius 2 is 1.88 bits per heavy atom. The molecule has 3 rings (SSSR count). The molecule has 0 amide bonds. The van der Waals surface area contributed by atoms with Crippen LogP contribution in [0.3, 0.4) is 0 Å². The van der Waals surface area contributed by atoms with Gasteiger partial charge >= 0.3 is 0 Å². The van der Waals surface area contributed by atoms with Gasteiger partial charge in [0.15, 0.2) is 5.82 Å². The topological polar surface area (TPSA) is 39.4 Å². The molecule has 120 valence electrons. The van der Waals surface area contributed by atoms with Crippen LogP contribution in [-0.4, -0.2) is 22.6 Å². The number of aryl methyl sites for hydroxylation is 1. The van der Waals surface area contributed by atoms with Gasteiger partial charge in [0.2, 0.25) is 0 Å². The minimum Gasteiger partial charge on any atom is -0.489 e. The molecule has 0 saturated carbocycles. The number of aliphatic imine (C=N–C) groups is 1. The van der Waals surface area contributed by atoms with Crippen molar-refractivity contribution in [1.29, 1.82) is 0 Å². The minimum absolute atomic E-state index is 0.464. The Morgan fingerprint density at radius 3 is 2.67 bits per heavy atom.